The molecule has 0 saturated carbocycles. The molecular formula is C21H18BrN5O2S. The molecule has 0 aliphatic carbocycles. The third-order valence-corrected chi connectivity index (χ3v) is 6.02. The number of H-pyrrole nitrogens is 1. The van der Waals surface area contributed by atoms with E-state index in [2.05, 4.69) is 36.3 Å². The smallest absolute Gasteiger partial charge is 0.262 e. The molecule has 0 fully saturated rings. The van der Waals surface area contributed by atoms with E-state index in [4.69, 9.17) is 0 Å². The lowest BCUT2D eigenvalue weighted by Gasteiger charge is -2.07. The SMILES string of the molecule is Cc1ccc(-n2ncc3c(=O)[nH]c(SCC(=O)Nc4ccc(Br)cc4)nc32)cc1C. The van der Waals surface area contributed by atoms with Crippen LogP contribution < -0.4 is 10.9 Å². The first-order valence-electron chi connectivity index (χ1n) is 9.14. The van der Waals surface area contributed by atoms with Gasteiger partial charge >= 0.3 is 0 Å². The predicted octanol–water partition coefficient (Wildman–Crippen LogP) is 4.22. The van der Waals surface area contributed by atoms with Crippen LogP contribution in [0.1, 0.15) is 11.1 Å². The van der Waals surface area contributed by atoms with Gasteiger partial charge in [-0.1, -0.05) is 33.8 Å². The molecule has 7 nitrogen and oxygen atoms in total. The molecule has 2 N–H and O–H groups in total. The molecule has 4 aromatic rings. The number of hydrogen-bond donors (Lipinski definition) is 2. The number of nitrogens with zero attached hydrogens (tertiary/aromatic N) is 3. The third-order valence-electron chi connectivity index (χ3n) is 4.62. The van der Waals surface area contributed by atoms with Crippen molar-refractivity contribution in [3.05, 3.63) is 74.6 Å². The van der Waals surface area contributed by atoms with E-state index in [-0.39, 0.29) is 17.2 Å². The Morgan fingerprint density at radius 1 is 1.17 bits per heavy atom. The fraction of sp³-hybridized carbons (Fsp3) is 0.143. The number of hydrogen-bond acceptors (Lipinski definition) is 5. The molecule has 0 bridgehead atoms. The Morgan fingerprint density at radius 2 is 1.93 bits per heavy atom. The number of amides is 1. The zero-order valence-electron chi connectivity index (χ0n) is 16.3. The van der Waals surface area contributed by atoms with Gasteiger partial charge in [0.25, 0.3) is 5.56 Å². The number of anilines is 1. The third kappa shape index (κ3) is 4.31. The minimum atomic E-state index is -0.286. The lowest BCUT2D eigenvalue weighted by atomic mass is 10.1. The van der Waals surface area contributed by atoms with Gasteiger partial charge in [-0.05, 0) is 61.4 Å². The molecule has 0 saturated heterocycles. The normalized spacial score (nSPS) is 11.0. The first-order chi connectivity index (χ1) is 14.4. The zero-order valence-corrected chi connectivity index (χ0v) is 18.7. The Morgan fingerprint density at radius 3 is 2.67 bits per heavy atom. The quantitative estimate of drug-likeness (QED) is 0.327. The van der Waals surface area contributed by atoms with E-state index in [1.54, 1.807) is 16.8 Å². The number of nitrogens with one attached hydrogen (secondary N) is 2. The van der Waals surface area contributed by atoms with Gasteiger partial charge in [-0.3, -0.25) is 9.59 Å². The first-order valence-corrected chi connectivity index (χ1v) is 10.9. The summed E-state index contributed by atoms with van der Waals surface area (Å²) in [6, 6.07) is 13.3. The van der Waals surface area contributed by atoms with Crippen LogP contribution in [-0.4, -0.2) is 31.4 Å². The zero-order chi connectivity index (χ0) is 21.3. The second-order valence-corrected chi connectivity index (χ2v) is 8.66. The average molecular weight is 484 g/mol. The summed E-state index contributed by atoms with van der Waals surface area (Å²) in [6.45, 7) is 4.06. The summed E-state index contributed by atoms with van der Waals surface area (Å²) in [5, 5.41) is 7.92. The molecule has 0 unspecified atom stereocenters. The van der Waals surface area contributed by atoms with Gasteiger partial charge in [0.1, 0.15) is 5.39 Å². The maximum atomic E-state index is 12.5. The molecular weight excluding hydrogens is 466 g/mol. The monoisotopic (exact) mass is 483 g/mol. The summed E-state index contributed by atoms with van der Waals surface area (Å²) in [5.41, 5.74) is 4.00. The summed E-state index contributed by atoms with van der Waals surface area (Å²) in [7, 11) is 0. The van der Waals surface area contributed by atoms with Crippen LogP contribution in [0, 0.1) is 13.8 Å². The second-order valence-electron chi connectivity index (χ2n) is 6.78. The molecule has 0 aliphatic heterocycles. The molecule has 2 aromatic heterocycles. The van der Waals surface area contributed by atoms with Crippen molar-refractivity contribution in [3.8, 4) is 5.69 Å². The van der Waals surface area contributed by atoms with Crippen molar-refractivity contribution in [2.24, 2.45) is 0 Å². The van der Waals surface area contributed by atoms with E-state index < -0.39 is 0 Å². The molecule has 0 aliphatic rings. The maximum Gasteiger partial charge on any atom is 0.262 e. The Balaban J connectivity index is 1.56. The number of aromatic amines is 1. The Kier molecular flexibility index (Phi) is 5.74. The molecule has 152 valence electrons. The highest BCUT2D eigenvalue weighted by atomic mass is 79.9. The van der Waals surface area contributed by atoms with Gasteiger partial charge in [0.15, 0.2) is 10.8 Å². The van der Waals surface area contributed by atoms with Gasteiger partial charge in [-0.15, -0.1) is 0 Å². The van der Waals surface area contributed by atoms with Crippen LogP contribution in [0.15, 0.2) is 63.1 Å². The van der Waals surface area contributed by atoms with Crippen LogP contribution in [0.25, 0.3) is 16.7 Å². The molecule has 1 amide bonds. The molecule has 30 heavy (non-hydrogen) atoms. The number of carbonyl (C=O) groups is 1. The van der Waals surface area contributed by atoms with Crippen molar-refractivity contribution >= 4 is 50.3 Å². The van der Waals surface area contributed by atoms with Crippen LogP contribution in [0.5, 0.6) is 0 Å². The summed E-state index contributed by atoms with van der Waals surface area (Å²) in [4.78, 5) is 32.0. The van der Waals surface area contributed by atoms with Crippen LogP contribution in [0.3, 0.4) is 0 Å². The van der Waals surface area contributed by atoms with Crippen LogP contribution in [0.4, 0.5) is 5.69 Å². The molecule has 2 aromatic carbocycles. The Bertz CT molecular complexity index is 1300. The van der Waals surface area contributed by atoms with Crippen LogP contribution in [-0.2, 0) is 4.79 Å². The van der Waals surface area contributed by atoms with E-state index in [0.29, 0.717) is 21.9 Å². The summed E-state index contributed by atoms with van der Waals surface area (Å²) >= 11 is 4.52. The van der Waals surface area contributed by atoms with Gasteiger partial charge in [-0.25, -0.2) is 9.67 Å². The van der Waals surface area contributed by atoms with Crippen molar-refractivity contribution in [3.63, 3.8) is 0 Å². The number of fused-ring (bicyclic) bond motifs is 1. The van der Waals surface area contributed by atoms with Gasteiger partial charge in [0.2, 0.25) is 5.91 Å². The number of carbonyl (C=O) groups excluding carboxylic acids is 1. The Hall–Kier alpha value is -2.91. The van der Waals surface area contributed by atoms with Crippen molar-refractivity contribution < 1.29 is 4.79 Å². The largest absolute Gasteiger partial charge is 0.325 e. The van der Waals surface area contributed by atoms with E-state index in [1.807, 2.05) is 44.2 Å². The van der Waals surface area contributed by atoms with Crippen molar-refractivity contribution in [2.75, 3.05) is 11.1 Å². The highest BCUT2D eigenvalue weighted by Crippen LogP contribution is 2.20. The number of aryl methyl sites for hydroxylation is 2. The fourth-order valence-electron chi connectivity index (χ4n) is 2.88. The molecule has 0 radical (unpaired) electrons. The molecule has 4 rings (SSSR count). The number of halogens is 1. The van der Waals surface area contributed by atoms with Crippen LogP contribution in [0.2, 0.25) is 0 Å². The maximum absolute atomic E-state index is 12.5. The lowest BCUT2D eigenvalue weighted by Crippen LogP contribution is -2.15. The van der Waals surface area contributed by atoms with E-state index in [1.165, 1.54) is 11.8 Å². The van der Waals surface area contributed by atoms with Gasteiger partial charge < -0.3 is 10.3 Å². The fourth-order valence-corrected chi connectivity index (χ4v) is 3.80. The molecule has 2 heterocycles. The lowest BCUT2D eigenvalue weighted by molar-refractivity contribution is -0.113. The molecule has 0 spiro atoms. The van der Waals surface area contributed by atoms with Gasteiger partial charge in [0, 0.05) is 10.2 Å². The Labute approximate surface area is 185 Å². The van der Waals surface area contributed by atoms with E-state index in [0.717, 1.165) is 27.5 Å². The topological polar surface area (TPSA) is 92.7 Å². The van der Waals surface area contributed by atoms with Gasteiger partial charge in [-0.2, -0.15) is 5.10 Å². The first kappa shape index (κ1) is 20.4. The minimum Gasteiger partial charge on any atom is -0.325 e. The number of benzene rings is 2. The summed E-state index contributed by atoms with van der Waals surface area (Å²) in [5.74, 6) is -0.0739. The average Bonchev–Trinajstić information content (AvgIpc) is 3.15. The van der Waals surface area contributed by atoms with E-state index >= 15 is 0 Å². The molecule has 9 heteroatoms. The van der Waals surface area contributed by atoms with Crippen molar-refractivity contribution in [1.82, 2.24) is 19.7 Å². The highest BCUT2D eigenvalue weighted by molar-refractivity contribution is 9.10. The standard InChI is InChI=1S/C21H18BrN5O2S/c1-12-3-8-16(9-13(12)2)27-19-17(10-23-27)20(29)26-21(25-19)30-11-18(28)24-15-6-4-14(22)5-7-15/h3-10H,11H2,1-2H3,(H,24,28)(H,25,26,29). The van der Waals surface area contributed by atoms with Crippen LogP contribution >= 0.6 is 27.7 Å². The molecule has 0 atom stereocenters. The summed E-state index contributed by atoms with van der Waals surface area (Å²) < 4.78 is 2.58. The van der Waals surface area contributed by atoms with Crippen molar-refractivity contribution in [2.45, 2.75) is 19.0 Å². The van der Waals surface area contributed by atoms with Gasteiger partial charge in [0.05, 0.1) is 17.6 Å². The predicted molar refractivity (Wildman–Crippen MR) is 122 cm³/mol. The minimum absolute atomic E-state index is 0.113. The highest BCUT2D eigenvalue weighted by Gasteiger charge is 2.13. The van der Waals surface area contributed by atoms with Crippen molar-refractivity contribution in [1.29, 1.82) is 0 Å². The number of rotatable bonds is 5. The number of thioether (sulfide) groups is 1. The second kappa shape index (κ2) is 8.45. The summed E-state index contributed by atoms with van der Waals surface area (Å²) in [6.07, 6.45) is 1.51. The van der Waals surface area contributed by atoms with E-state index in [9.17, 15) is 9.59 Å². The number of aromatic nitrogens is 4.